The first-order valence-corrected chi connectivity index (χ1v) is 16.1. The summed E-state index contributed by atoms with van der Waals surface area (Å²) in [6.07, 6.45) is 8.61. The number of benzene rings is 1. The van der Waals surface area contributed by atoms with E-state index >= 15 is 0 Å². The summed E-state index contributed by atoms with van der Waals surface area (Å²) in [4.78, 5) is 0. The van der Waals surface area contributed by atoms with Gasteiger partial charge in [0.05, 0.1) is 11.5 Å². The van der Waals surface area contributed by atoms with Gasteiger partial charge in [0.2, 0.25) is 20.0 Å². The highest BCUT2D eigenvalue weighted by molar-refractivity contribution is 8.04. The van der Waals surface area contributed by atoms with Crippen molar-refractivity contribution in [1.29, 1.82) is 0 Å². The highest BCUT2D eigenvalue weighted by Crippen LogP contribution is 2.35. The summed E-state index contributed by atoms with van der Waals surface area (Å²) in [5, 5.41) is 3.36. The molecular formula is C26H40N2O5S2. The van der Waals surface area contributed by atoms with Gasteiger partial charge in [0.1, 0.15) is 11.5 Å². The minimum Gasteiger partial charge on any atom is -0.461 e. The average Bonchev–Trinajstić information content (AvgIpc) is 2.81. The summed E-state index contributed by atoms with van der Waals surface area (Å²) in [5.74, 6) is 1.03. The van der Waals surface area contributed by atoms with Crippen LogP contribution < -0.4 is 10.1 Å². The standard InChI is InChI=1S/C26H40N2O5S2/c1-4-6-8-17-34(29,30)28(35(31,32)18-9-7-5-2)23-13-14-25(21(3)19-23)33-26-12-10-11-22-20-27-16-15-24(22)26/h10-14,21,27H,4-9,15-20H2,1-3H3. The van der Waals surface area contributed by atoms with Crippen LogP contribution in [0.5, 0.6) is 5.75 Å². The largest absolute Gasteiger partial charge is 0.461 e. The van der Waals surface area contributed by atoms with Crippen LogP contribution in [0.1, 0.15) is 76.8 Å². The Kier molecular flexibility index (Phi) is 9.84. The molecule has 0 aromatic heterocycles. The van der Waals surface area contributed by atoms with E-state index in [4.69, 9.17) is 4.74 Å². The summed E-state index contributed by atoms with van der Waals surface area (Å²) in [5.41, 5.74) is 2.71. The van der Waals surface area contributed by atoms with E-state index in [0.717, 1.165) is 54.7 Å². The van der Waals surface area contributed by atoms with Crippen molar-refractivity contribution in [2.75, 3.05) is 18.1 Å². The van der Waals surface area contributed by atoms with Crippen LogP contribution in [0.15, 0.2) is 41.8 Å². The molecule has 1 aliphatic heterocycles. The van der Waals surface area contributed by atoms with Crippen LogP contribution in [0.2, 0.25) is 0 Å². The van der Waals surface area contributed by atoms with Crippen LogP contribution in [-0.2, 0) is 33.0 Å². The molecule has 196 valence electrons. The second kappa shape index (κ2) is 12.4. The Balaban J connectivity index is 1.90. The predicted octanol–water partition coefficient (Wildman–Crippen LogP) is 4.86. The van der Waals surface area contributed by atoms with Crippen LogP contribution in [-0.4, -0.2) is 38.6 Å². The van der Waals surface area contributed by atoms with Gasteiger partial charge in [-0.2, -0.15) is 3.71 Å². The van der Waals surface area contributed by atoms with Crippen molar-refractivity contribution in [3.8, 4) is 5.75 Å². The Labute approximate surface area is 211 Å². The first kappa shape index (κ1) is 27.7. The van der Waals surface area contributed by atoms with Gasteiger partial charge in [0.25, 0.3) is 0 Å². The summed E-state index contributed by atoms with van der Waals surface area (Å²) >= 11 is 0. The minimum absolute atomic E-state index is 0.160. The zero-order valence-electron chi connectivity index (χ0n) is 21.3. The molecule has 0 bridgehead atoms. The van der Waals surface area contributed by atoms with E-state index in [0.29, 0.717) is 24.3 Å². The molecule has 0 radical (unpaired) electrons. The molecule has 0 fully saturated rings. The number of sulfonamides is 2. The van der Waals surface area contributed by atoms with Gasteiger partial charge in [0.15, 0.2) is 0 Å². The maximum absolute atomic E-state index is 13.3. The molecule has 35 heavy (non-hydrogen) atoms. The molecule has 1 heterocycles. The molecule has 7 nitrogen and oxygen atoms in total. The van der Waals surface area contributed by atoms with Crippen LogP contribution in [0.4, 0.5) is 0 Å². The molecule has 0 spiro atoms. The van der Waals surface area contributed by atoms with Gasteiger partial charge in [0, 0.05) is 23.7 Å². The Bertz CT molecular complexity index is 1100. The van der Waals surface area contributed by atoms with Crippen LogP contribution in [0, 0.1) is 5.92 Å². The van der Waals surface area contributed by atoms with Crippen LogP contribution in [0.25, 0.3) is 0 Å². The molecule has 1 aliphatic carbocycles. The number of allylic oxidation sites excluding steroid dienone is 4. The summed E-state index contributed by atoms with van der Waals surface area (Å²) < 4.78 is 60.1. The van der Waals surface area contributed by atoms with Crippen molar-refractivity contribution in [3.05, 3.63) is 52.9 Å². The second-order valence-electron chi connectivity index (χ2n) is 9.50. The van der Waals surface area contributed by atoms with Crippen LogP contribution >= 0.6 is 0 Å². The van der Waals surface area contributed by atoms with Gasteiger partial charge in [-0.25, -0.2) is 16.8 Å². The average molecular weight is 525 g/mol. The topological polar surface area (TPSA) is 92.8 Å². The molecule has 2 aliphatic rings. The maximum atomic E-state index is 13.3. The number of rotatable bonds is 13. The lowest BCUT2D eigenvalue weighted by Crippen LogP contribution is -2.40. The van der Waals surface area contributed by atoms with Gasteiger partial charge in [-0.15, -0.1) is 0 Å². The lowest BCUT2D eigenvalue weighted by Gasteiger charge is -2.31. The fraction of sp³-hybridized carbons (Fsp3) is 0.615. The highest BCUT2D eigenvalue weighted by atomic mass is 32.3. The summed E-state index contributed by atoms with van der Waals surface area (Å²) in [7, 11) is -8.00. The molecule has 1 N–H and O–H groups in total. The number of fused-ring (bicyclic) bond motifs is 1. The quantitative estimate of drug-likeness (QED) is 0.371. The third-order valence-corrected chi connectivity index (χ3v) is 11.0. The third-order valence-electron chi connectivity index (χ3n) is 6.52. The number of nitrogens with one attached hydrogen (secondary N) is 1. The van der Waals surface area contributed by atoms with Gasteiger partial charge >= 0.3 is 0 Å². The molecule has 9 heteroatoms. The van der Waals surface area contributed by atoms with Crippen molar-refractivity contribution >= 4 is 20.0 Å². The first-order valence-electron chi connectivity index (χ1n) is 12.9. The van der Waals surface area contributed by atoms with Crippen LogP contribution in [0.3, 0.4) is 0 Å². The Morgan fingerprint density at radius 2 is 1.63 bits per heavy atom. The Morgan fingerprint density at radius 1 is 0.971 bits per heavy atom. The van der Waals surface area contributed by atoms with E-state index in [1.54, 1.807) is 12.2 Å². The molecule has 1 aromatic carbocycles. The molecule has 3 rings (SSSR count). The lowest BCUT2D eigenvalue weighted by molar-refractivity contribution is 0.342. The summed E-state index contributed by atoms with van der Waals surface area (Å²) in [6, 6.07) is 6.03. The van der Waals surface area contributed by atoms with E-state index in [1.807, 2.05) is 32.9 Å². The van der Waals surface area contributed by atoms with Gasteiger partial charge < -0.3 is 10.1 Å². The van der Waals surface area contributed by atoms with Gasteiger partial charge in [-0.3, -0.25) is 0 Å². The summed E-state index contributed by atoms with van der Waals surface area (Å²) in [6.45, 7) is 7.63. The predicted molar refractivity (Wildman–Crippen MR) is 141 cm³/mol. The van der Waals surface area contributed by atoms with Crippen molar-refractivity contribution in [2.24, 2.45) is 5.92 Å². The second-order valence-corrected chi connectivity index (χ2v) is 13.6. The fourth-order valence-electron chi connectivity index (χ4n) is 4.58. The number of ether oxygens (including phenoxy) is 1. The van der Waals surface area contributed by atoms with Crippen molar-refractivity contribution in [2.45, 2.75) is 78.7 Å². The minimum atomic E-state index is -4.00. The normalized spacial score (nSPS) is 18.4. The van der Waals surface area contributed by atoms with Gasteiger partial charge in [-0.05, 0) is 56.0 Å². The molecule has 1 atom stereocenters. The Morgan fingerprint density at radius 3 is 2.23 bits per heavy atom. The first-order chi connectivity index (χ1) is 16.7. The molecule has 1 aromatic rings. The van der Waals surface area contributed by atoms with E-state index in [-0.39, 0.29) is 23.8 Å². The van der Waals surface area contributed by atoms with Gasteiger partial charge in [-0.1, -0.05) is 58.6 Å². The lowest BCUT2D eigenvalue weighted by atomic mass is 9.97. The molecule has 0 saturated carbocycles. The van der Waals surface area contributed by atoms with Crippen molar-refractivity contribution in [1.82, 2.24) is 9.03 Å². The van der Waals surface area contributed by atoms with E-state index in [1.165, 1.54) is 11.1 Å². The number of hydrogen-bond donors (Lipinski definition) is 1. The zero-order valence-corrected chi connectivity index (χ0v) is 22.9. The number of hydrogen-bond acceptors (Lipinski definition) is 6. The smallest absolute Gasteiger partial charge is 0.247 e. The highest BCUT2D eigenvalue weighted by Gasteiger charge is 2.36. The van der Waals surface area contributed by atoms with E-state index in [9.17, 15) is 16.8 Å². The zero-order chi connectivity index (χ0) is 25.5. The SMILES string of the molecule is CCCCCS(=O)(=O)N(C1=CC=C(Oc2cccc3c2CCNC3)C(C)C1)S(=O)(=O)CCCCC. The maximum Gasteiger partial charge on any atom is 0.247 e. The molecular weight excluding hydrogens is 484 g/mol. The number of unbranched alkanes of at least 4 members (excludes halogenated alkanes) is 4. The van der Waals surface area contributed by atoms with E-state index < -0.39 is 20.0 Å². The molecule has 1 unspecified atom stereocenters. The monoisotopic (exact) mass is 524 g/mol. The number of nitrogens with zero attached hydrogens (tertiary/aromatic N) is 1. The molecule has 0 saturated heterocycles. The third kappa shape index (κ3) is 7.11. The van der Waals surface area contributed by atoms with Crippen molar-refractivity contribution in [3.63, 3.8) is 0 Å². The van der Waals surface area contributed by atoms with E-state index in [2.05, 4.69) is 11.4 Å². The van der Waals surface area contributed by atoms with Crippen molar-refractivity contribution < 1.29 is 21.6 Å². The Hall–Kier alpha value is -1.84. The molecule has 0 amide bonds. The fourth-order valence-corrected chi connectivity index (χ4v) is 8.87.